The molecule has 4 atom stereocenters. The Morgan fingerprint density at radius 3 is 2.54 bits per heavy atom. The lowest BCUT2D eigenvalue weighted by molar-refractivity contribution is -0.131. The number of benzene rings is 1. The lowest BCUT2D eigenvalue weighted by Gasteiger charge is -2.32. The third-order valence-electron chi connectivity index (χ3n) is 4.87. The fourth-order valence-corrected chi connectivity index (χ4v) is 4.79. The van der Waals surface area contributed by atoms with E-state index in [2.05, 4.69) is 27.9 Å². The molecule has 2 fully saturated rings. The zero-order valence-corrected chi connectivity index (χ0v) is 18.3. The number of alkyl carbamates (subject to hydrolysis) is 1. The molecule has 1 aromatic rings. The number of alkyl halides is 1. The van der Waals surface area contributed by atoms with Gasteiger partial charge in [0.2, 0.25) is 5.91 Å². The van der Waals surface area contributed by atoms with Gasteiger partial charge in [-0.1, -0.05) is 52.9 Å². The third kappa shape index (κ3) is 4.76. The number of hydrogen-bond acceptors (Lipinski definition) is 5. The predicted octanol–water partition coefficient (Wildman–Crippen LogP) is 3.64. The molecule has 0 spiro atoms. The average molecular weight is 500 g/mol. The van der Waals surface area contributed by atoms with Crippen molar-refractivity contribution in [1.29, 1.82) is 0 Å². The highest BCUT2D eigenvalue weighted by molar-refractivity contribution is 14.1. The Bertz CT molecular complexity index is 749. The number of imide groups is 1. The zero-order valence-electron chi connectivity index (χ0n) is 16.2. The Hall–Kier alpha value is -1.84. The molecule has 8 heteroatoms. The Kier molecular flexibility index (Phi) is 6.16. The summed E-state index contributed by atoms with van der Waals surface area (Å²) in [7, 11) is 0. The summed E-state index contributed by atoms with van der Waals surface area (Å²) in [6.07, 6.45) is -0.0464. The lowest BCUT2D eigenvalue weighted by atomic mass is 9.85. The number of carbonyl (C=O) groups excluding carboxylic acids is 3. The highest BCUT2D eigenvalue weighted by atomic mass is 127. The van der Waals surface area contributed by atoms with Crippen LogP contribution in [0.5, 0.6) is 0 Å². The molecule has 2 bridgehead atoms. The van der Waals surface area contributed by atoms with Gasteiger partial charge < -0.3 is 14.8 Å². The number of ether oxygens (including phenoxy) is 2. The minimum Gasteiger partial charge on any atom is -0.445 e. The number of nitrogens with one attached hydrogen (secondary N) is 1. The van der Waals surface area contributed by atoms with E-state index < -0.39 is 23.7 Å². The highest BCUT2D eigenvalue weighted by Crippen LogP contribution is 2.41. The van der Waals surface area contributed by atoms with Crippen LogP contribution in [0.1, 0.15) is 39.2 Å². The van der Waals surface area contributed by atoms with Crippen LogP contribution >= 0.6 is 22.6 Å². The fourth-order valence-electron chi connectivity index (χ4n) is 3.63. The summed E-state index contributed by atoms with van der Waals surface area (Å²) in [5.74, 6) is -0.723. The van der Waals surface area contributed by atoms with Crippen molar-refractivity contribution < 1.29 is 23.9 Å². The maximum Gasteiger partial charge on any atom is 0.417 e. The number of amides is 3. The average Bonchev–Trinajstić information content (AvgIpc) is 2.92. The molecule has 1 N–H and O–H groups in total. The van der Waals surface area contributed by atoms with Gasteiger partial charge in [-0.2, -0.15) is 0 Å². The van der Waals surface area contributed by atoms with Gasteiger partial charge >= 0.3 is 12.2 Å². The monoisotopic (exact) mass is 500 g/mol. The first-order chi connectivity index (χ1) is 13.2. The molecule has 1 saturated carbocycles. The van der Waals surface area contributed by atoms with E-state index >= 15 is 0 Å². The van der Waals surface area contributed by atoms with E-state index in [1.165, 1.54) is 4.90 Å². The van der Waals surface area contributed by atoms with Gasteiger partial charge in [-0.25, -0.2) is 14.5 Å². The van der Waals surface area contributed by atoms with Crippen molar-refractivity contribution in [3.63, 3.8) is 0 Å². The second-order valence-electron chi connectivity index (χ2n) is 8.16. The van der Waals surface area contributed by atoms with Crippen molar-refractivity contribution in [3.8, 4) is 0 Å². The largest absolute Gasteiger partial charge is 0.445 e. The van der Waals surface area contributed by atoms with Crippen LogP contribution in [-0.2, 0) is 20.9 Å². The summed E-state index contributed by atoms with van der Waals surface area (Å²) in [5, 5.41) is 2.82. The first-order valence-electron chi connectivity index (χ1n) is 9.33. The van der Waals surface area contributed by atoms with Crippen LogP contribution < -0.4 is 5.32 Å². The van der Waals surface area contributed by atoms with Crippen LogP contribution in [0.25, 0.3) is 0 Å². The summed E-state index contributed by atoms with van der Waals surface area (Å²) in [5.41, 5.74) is 0.217. The number of rotatable bonds is 3. The summed E-state index contributed by atoms with van der Waals surface area (Å²) < 4.78 is 10.7. The van der Waals surface area contributed by atoms with Crippen LogP contribution in [0.4, 0.5) is 9.59 Å². The van der Waals surface area contributed by atoms with E-state index in [0.717, 1.165) is 5.56 Å². The lowest BCUT2D eigenvalue weighted by Crippen LogP contribution is -2.47. The second kappa shape index (κ2) is 8.26. The van der Waals surface area contributed by atoms with Gasteiger partial charge in [0.15, 0.2) is 0 Å². The fraction of sp³-hybridized carbons (Fsp3) is 0.550. The Labute approximate surface area is 178 Å². The van der Waals surface area contributed by atoms with Crippen LogP contribution in [0.2, 0.25) is 0 Å². The molecule has 1 aliphatic carbocycles. The van der Waals surface area contributed by atoms with Gasteiger partial charge in [0, 0.05) is 9.97 Å². The SMILES string of the molecule is CC(C)(C)OC(=O)N1C(=O)[C@H]2C[C@@H]1[C@@H](I)C[C@@H]2NC(=O)OCc1ccccc1. The second-order valence-corrected chi connectivity index (χ2v) is 9.76. The standard InChI is InChI=1S/C20H25IN2O5/c1-20(2,3)28-19(26)23-16-9-13(17(23)24)15(10-14(16)21)22-18(25)27-11-12-7-5-4-6-8-12/h4-8,13-16H,9-11H2,1-3H3,(H,22,25)/t13-,14-,15-,16+/m0/s1. The molecule has 28 heavy (non-hydrogen) atoms. The minimum absolute atomic E-state index is 0.0345. The molecule has 0 radical (unpaired) electrons. The zero-order chi connectivity index (χ0) is 20.5. The number of likely N-dealkylation sites (tertiary alicyclic amines) is 1. The highest BCUT2D eigenvalue weighted by Gasteiger charge is 2.54. The molecule has 1 saturated heterocycles. The molecule has 1 aliphatic heterocycles. The van der Waals surface area contributed by atoms with Crippen LogP contribution in [0.15, 0.2) is 30.3 Å². The molecule has 3 rings (SSSR count). The molecule has 1 aromatic carbocycles. The Morgan fingerprint density at radius 1 is 1.21 bits per heavy atom. The summed E-state index contributed by atoms with van der Waals surface area (Å²) in [6.45, 7) is 5.48. The maximum absolute atomic E-state index is 12.9. The van der Waals surface area contributed by atoms with E-state index in [1.807, 2.05) is 30.3 Å². The van der Waals surface area contributed by atoms with Gasteiger partial charge in [-0.3, -0.25) is 4.79 Å². The first-order valence-corrected chi connectivity index (χ1v) is 10.6. The molecule has 2 aliphatic rings. The van der Waals surface area contributed by atoms with Gasteiger partial charge in [0.25, 0.3) is 0 Å². The topological polar surface area (TPSA) is 84.9 Å². The number of hydrogen-bond donors (Lipinski definition) is 1. The number of halogens is 1. The van der Waals surface area contributed by atoms with Crippen LogP contribution in [0.3, 0.4) is 0 Å². The van der Waals surface area contributed by atoms with Crippen molar-refractivity contribution in [3.05, 3.63) is 35.9 Å². The summed E-state index contributed by atoms with van der Waals surface area (Å²) in [6, 6.07) is 8.83. The van der Waals surface area contributed by atoms with Gasteiger partial charge in [0.05, 0.1) is 12.0 Å². The third-order valence-corrected chi connectivity index (χ3v) is 6.21. The molecule has 0 aromatic heterocycles. The molecule has 152 valence electrons. The van der Waals surface area contributed by atoms with E-state index in [9.17, 15) is 14.4 Å². The Morgan fingerprint density at radius 2 is 1.89 bits per heavy atom. The first kappa shape index (κ1) is 20.9. The predicted molar refractivity (Wildman–Crippen MR) is 111 cm³/mol. The maximum atomic E-state index is 12.9. The number of nitrogens with zero attached hydrogens (tertiary/aromatic N) is 1. The van der Waals surface area contributed by atoms with Crippen molar-refractivity contribution in [2.24, 2.45) is 5.92 Å². The number of fused-ring (bicyclic) bond motifs is 2. The van der Waals surface area contributed by atoms with Gasteiger partial charge in [0.1, 0.15) is 12.2 Å². The van der Waals surface area contributed by atoms with Crippen molar-refractivity contribution in [1.82, 2.24) is 10.2 Å². The summed E-state index contributed by atoms with van der Waals surface area (Å²) >= 11 is 2.24. The summed E-state index contributed by atoms with van der Waals surface area (Å²) in [4.78, 5) is 38.8. The smallest absolute Gasteiger partial charge is 0.417 e. The van der Waals surface area contributed by atoms with Gasteiger partial charge in [-0.05, 0) is 39.2 Å². The van der Waals surface area contributed by atoms with E-state index in [0.29, 0.717) is 12.8 Å². The molecular formula is C20H25IN2O5. The van der Waals surface area contributed by atoms with E-state index in [4.69, 9.17) is 9.47 Å². The van der Waals surface area contributed by atoms with Crippen molar-refractivity contribution in [2.75, 3.05) is 0 Å². The van der Waals surface area contributed by atoms with Gasteiger partial charge in [-0.15, -0.1) is 0 Å². The molecule has 0 unspecified atom stereocenters. The van der Waals surface area contributed by atoms with E-state index in [1.54, 1.807) is 20.8 Å². The Balaban J connectivity index is 1.62. The minimum atomic E-state index is -0.673. The van der Waals surface area contributed by atoms with Crippen LogP contribution in [-0.4, -0.2) is 44.6 Å². The number of carbonyl (C=O) groups is 3. The quantitative estimate of drug-likeness (QED) is 0.506. The molecular weight excluding hydrogens is 475 g/mol. The molecule has 3 amide bonds. The van der Waals surface area contributed by atoms with Crippen molar-refractivity contribution in [2.45, 2.75) is 61.8 Å². The molecule has 7 nitrogen and oxygen atoms in total. The van der Waals surface area contributed by atoms with Crippen LogP contribution in [0, 0.1) is 5.92 Å². The molecule has 1 heterocycles. The van der Waals surface area contributed by atoms with Crippen molar-refractivity contribution >= 4 is 40.7 Å². The normalized spacial score (nSPS) is 26.7. The van der Waals surface area contributed by atoms with E-state index in [-0.39, 0.29) is 28.5 Å².